The van der Waals surface area contributed by atoms with Gasteiger partial charge in [0.25, 0.3) is 0 Å². The highest BCUT2D eigenvalue weighted by Crippen LogP contribution is 2.31. The third-order valence-corrected chi connectivity index (χ3v) is 3.30. The molecule has 4 heteroatoms. The third-order valence-electron chi connectivity index (χ3n) is 2.41. The van der Waals surface area contributed by atoms with Crippen molar-refractivity contribution in [2.75, 3.05) is 11.5 Å². The quantitative estimate of drug-likeness (QED) is 0.857. The van der Waals surface area contributed by atoms with Crippen LogP contribution < -0.4 is 10.5 Å². The van der Waals surface area contributed by atoms with Crippen molar-refractivity contribution < 1.29 is 9.53 Å². The van der Waals surface area contributed by atoms with Crippen molar-refractivity contribution in [3.8, 4) is 5.75 Å². The molecule has 2 N–H and O–H groups in total. The largest absolute Gasteiger partial charge is 0.410 e. The molecule has 0 aromatic heterocycles. The van der Waals surface area contributed by atoms with E-state index in [1.807, 2.05) is 30.0 Å². The summed E-state index contributed by atoms with van der Waals surface area (Å²) in [6.45, 7) is 0. The van der Waals surface area contributed by atoms with E-state index in [-0.39, 0.29) is 0 Å². The number of nitrogens with two attached hydrogens (primary N) is 1. The topological polar surface area (TPSA) is 52.3 Å². The lowest BCUT2D eigenvalue weighted by molar-refractivity contribution is 0.210. The van der Waals surface area contributed by atoms with Crippen LogP contribution in [-0.2, 0) is 0 Å². The number of rotatable bonds is 2. The highest BCUT2D eigenvalue weighted by atomic mass is 32.2. The van der Waals surface area contributed by atoms with Crippen LogP contribution in [0.15, 0.2) is 30.3 Å². The first-order valence-corrected chi connectivity index (χ1v) is 6.26. The van der Waals surface area contributed by atoms with E-state index in [2.05, 4.69) is 6.08 Å². The summed E-state index contributed by atoms with van der Waals surface area (Å²) in [6.07, 6.45) is 2.42. The fraction of sp³-hybridized carbons (Fsp3) is 0.250. The Morgan fingerprint density at radius 1 is 1.38 bits per heavy atom. The number of carbonyl (C=O) groups is 1. The Bertz CT molecular complexity index is 429. The van der Waals surface area contributed by atoms with Gasteiger partial charge >= 0.3 is 6.09 Å². The van der Waals surface area contributed by atoms with Crippen molar-refractivity contribution in [3.63, 3.8) is 0 Å². The summed E-state index contributed by atoms with van der Waals surface area (Å²) < 4.78 is 4.99. The molecule has 0 bridgehead atoms. The number of benzene rings is 1. The predicted octanol–water partition coefficient (Wildman–Crippen LogP) is 2.66. The van der Waals surface area contributed by atoms with Gasteiger partial charge in [0.2, 0.25) is 0 Å². The number of carbonyl (C=O) groups excluding carboxylic acids is 1. The van der Waals surface area contributed by atoms with E-state index in [4.69, 9.17) is 10.5 Å². The zero-order chi connectivity index (χ0) is 11.4. The maximum Gasteiger partial charge on any atom is 0.409 e. The Morgan fingerprint density at radius 3 is 2.88 bits per heavy atom. The van der Waals surface area contributed by atoms with Crippen LogP contribution in [0.25, 0.3) is 5.57 Å². The van der Waals surface area contributed by atoms with Crippen LogP contribution in [0.2, 0.25) is 0 Å². The lowest BCUT2D eigenvalue weighted by Gasteiger charge is -2.15. The van der Waals surface area contributed by atoms with E-state index >= 15 is 0 Å². The standard InChI is InChI=1S/C12H13NO2S/c13-12(14)15-11-4-2-1-3-10(11)9-5-7-16-8-6-9/h1-5H,6-8H2,(H2,13,14). The van der Waals surface area contributed by atoms with Crippen LogP contribution in [0.1, 0.15) is 12.0 Å². The molecule has 0 spiro atoms. The second-order valence-corrected chi connectivity index (χ2v) is 4.62. The minimum absolute atomic E-state index is 0.549. The number of ether oxygens (including phenoxy) is 1. The lowest BCUT2D eigenvalue weighted by atomic mass is 10.0. The molecule has 1 aromatic carbocycles. The maximum absolute atomic E-state index is 10.8. The number of thioether (sulfide) groups is 1. The summed E-state index contributed by atoms with van der Waals surface area (Å²) in [5, 5.41) is 0. The predicted molar refractivity (Wildman–Crippen MR) is 66.6 cm³/mol. The highest BCUT2D eigenvalue weighted by Gasteiger charge is 2.12. The van der Waals surface area contributed by atoms with Crippen LogP contribution >= 0.6 is 11.8 Å². The molecule has 1 heterocycles. The first-order chi connectivity index (χ1) is 7.77. The van der Waals surface area contributed by atoms with Gasteiger partial charge in [-0.05, 0) is 23.8 Å². The first-order valence-electron chi connectivity index (χ1n) is 5.11. The molecule has 84 valence electrons. The Kier molecular flexibility index (Phi) is 3.51. The maximum atomic E-state index is 10.8. The lowest BCUT2D eigenvalue weighted by Crippen LogP contribution is -2.17. The highest BCUT2D eigenvalue weighted by molar-refractivity contribution is 7.99. The third kappa shape index (κ3) is 2.58. The van der Waals surface area contributed by atoms with Crippen molar-refractivity contribution in [2.24, 2.45) is 5.73 Å². The Labute approximate surface area is 98.7 Å². The second-order valence-electron chi connectivity index (χ2n) is 3.47. The average Bonchev–Trinajstić information content (AvgIpc) is 2.30. The zero-order valence-electron chi connectivity index (χ0n) is 8.81. The van der Waals surface area contributed by atoms with Gasteiger partial charge in [0.1, 0.15) is 5.75 Å². The van der Waals surface area contributed by atoms with Gasteiger partial charge in [0, 0.05) is 11.3 Å². The van der Waals surface area contributed by atoms with Gasteiger partial charge in [-0.3, -0.25) is 0 Å². The van der Waals surface area contributed by atoms with Crippen LogP contribution in [0, 0.1) is 0 Å². The Balaban J connectivity index is 2.31. The molecule has 0 aliphatic carbocycles. The minimum Gasteiger partial charge on any atom is -0.410 e. The Morgan fingerprint density at radius 2 is 2.19 bits per heavy atom. The number of hydrogen-bond donors (Lipinski definition) is 1. The van der Waals surface area contributed by atoms with E-state index in [0.717, 1.165) is 23.5 Å². The average molecular weight is 235 g/mol. The van der Waals surface area contributed by atoms with E-state index < -0.39 is 6.09 Å². The van der Waals surface area contributed by atoms with Crippen LogP contribution in [0.3, 0.4) is 0 Å². The monoisotopic (exact) mass is 235 g/mol. The van der Waals surface area contributed by atoms with Gasteiger partial charge in [-0.25, -0.2) is 4.79 Å². The second kappa shape index (κ2) is 5.07. The number of allylic oxidation sites excluding steroid dienone is 1. The SMILES string of the molecule is NC(=O)Oc1ccccc1C1=CCSCC1. The van der Waals surface area contributed by atoms with Crippen molar-refractivity contribution in [3.05, 3.63) is 35.9 Å². The summed E-state index contributed by atoms with van der Waals surface area (Å²) >= 11 is 1.90. The van der Waals surface area contributed by atoms with Gasteiger partial charge in [-0.2, -0.15) is 11.8 Å². The molecule has 1 aliphatic rings. The summed E-state index contributed by atoms with van der Waals surface area (Å²) in [5.74, 6) is 2.67. The van der Waals surface area contributed by atoms with E-state index in [1.54, 1.807) is 6.07 Å². The normalized spacial score (nSPS) is 15.4. The number of primary amides is 1. The molecule has 16 heavy (non-hydrogen) atoms. The molecule has 0 saturated carbocycles. The summed E-state index contributed by atoms with van der Waals surface area (Å²) in [4.78, 5) is 10.8. The van der Waals surface area contributed by atoms with Gasteiger partial charge in [-0.15, -0.1) is 0 Å². The molecular weight excluding hydrogens is 222 g/mol. The molecule has 0 radical (unpaired) electrons. The molecule has 0 fully saturated rings. The van der Waals surface area contributed by atoms with Crippen molar-refractivity contribution in [1.82, 2.24) is 0 Å². The van der Waals surface area contributed by atoms with Crippen LogP contribution in [-0.4, -0.2) is 17.6 Å². The number of hydrogen-bond acceptors (Lipinski definition) is 3. The number of para-hydroxylation sites is 1. The molecule has 0 unspecified atom stereocenters. The van der Waals surface area contributed by atoms with Gasteiger partial charge in [0.05, 0.1) is 0 Å². The molecule has 1 aromatic rings. The fourth-order valence-corrected chi connectivity index (χ4v) is 2.55. The van der Waals surface area contributed by atoms with E-state index in [9.17, 15) is 4.79 Å². The molecule has 0 saturated heterocycles. The van der Waals surface area contributed by atoms with E-state index in [0.29, 0.717) is 5.75 Å². The summed E-state index contributed by atoms with van der Waals surface area (Å²) in [6, 6.07) is 7.49. The first kappa shape index (κ1) is 11.1. The molecule has 3 nitrogen and oxygen atoms in total. The molecule has 1 aliphatic heterocycles. The summed E-state index contributed by atoms with van der Waals surface area (Å²) in [5.41, 5.74) is 7.24. The molecular formula is C12H13NO2S. The minimum atomic E-state index is -0.766. The van der Waals surface area contributed by atoms with Crippen LogP contribution in [0.5, 0.6) is 5.75 Å². The summed E-state index contributed by atoms with van der Waals surface area (Å²) in [7, 11) is 0. The Hall–Kier alpha value is -1.42. The van der Waals surface area contributed by atoms with Crippen molar-refractivity contribution in [1.29, 1.82) is 0 Å². The van der Waals surface area contributed by atoms with Gasteiger partial charge in [-0.1, -0.05) is 24.3 Å². The van der Waals surface area contributed by atoms with Gasteiger partial charge in [0.15, 0.2) is 0 Å². The molecule has 0 atom stereocenters. The van der Waals surface area contributed by atoms with E-state index in [1.165, 1.54) is 5.57 Å². The van der Waals surface area contributed by atoms with Crippen molar-refractivity contribution >= 4 is 23.4 Å². The van der Waals surface area contributed by atoms with Crippen LogP contribution in [0.4, 0.5) is 4.79 Å². The molecule has 2 rings (SSSR count). The smallest absolute Gasteiger partial charge is 0.409 e. The van der Waals surface area contributed by atoms with Gasteiger partial charge < -0.3 is 10.5 Å². The number of amides is 1. The zero-order valence-corrected chi connectivity index (χ0v) is 9.63. The fourth-order valence-electron chi connectivity index (χ4n) is 1.70. The van der Waals surface area contributed by atoms with Crippen molar-refractivity contribution in [2.45, 2.75) is 6.42 Å². The molecule has 1 amide bonds.